The van der Waals surface area contributed by atoms with Crippen LogP contribution in [-0.4, -0.2) is 60.0 Å². The van der Waals surface area contributed by atoms with Gasteiger partial charge in [-0.15, -0.1) is 37.2 Å². The first-order valence-electron chi connectivity index (χ1n) is 8.92. The number of carbonyl (C=O) groups excluding carboxylic acids is 1. The van der Waals surface area contributed by atoms with Crippen molar-refractivity contribution in [1.29, 1.82) is 0 Å². The van der Waals surface area contributed by atoms with E-state index in [4.69, 9.17) is 0 Å². The summed E-state index contributed by atoms with van der Waals surface area (Å²) in [7, 11) is 0. The van der Waals surface area contributed by atoms with Gasteiger partial charge in [0.25, 0.3) is 0 Å². The van der Waals surface area contributed by atoms with Gasteiger partial charge in [0, 0.05) is 45.3 Å². The lowest BCUT2D eigenvalue weighted by Gasteiger charge is -2.35. The molecule has 1 aromatic rings. The average molecular weight is 426 g/mol. The van der Waals surface area contributed by atoms with E-state index in [0.717, 1.165) is 70.3 Å². The fourth-order valence-electron chi connectivity index (χ4n) is 3.53. The predicted octanol–water partition coefficient (Wildman–Crippen LogP) is 2.77. The van der Waals surface area contributed by atoms with E-state index in [1.54, 1.807) is 0 Å². The molecular formula is C18H31Cl3N4O. The Hall–Kier alpha value is -0.590. The molecule has 0 spiro atoms. The topological polar surface area (TPSA) is 48.5 Å². The SMILES string of the molecule is Cl.Cl.Cl.O=C(CCC1CCNCC1)N1CCN(Cc2ccccn2)CC1. The van der Waals surface area contributed by atoms with Gasteiger partial charge in [0.1, 0.15) is 0 Å². The molecule has 0 saturated carbocycles. The molecule has 2 fully saturated rings. The Morgan fingerprint density at radius 1 is 1.08 bits per heavy atom. The van der Waals surface area contributed by atoms with E-state index >= 15 is 0 Å². The molecule has 1 aromatic heterocycles. The Kier molecular flexibility index (Phi) is 13.3. The second-order valence-corrected chi connectivity index (χ2v) is 6.71. The van der Waals surface area contributed by atoms with E-state index in [1.807, 2.05) is 18.3 Å². The number of piperazine rings is 1. The standard InChI is InChI=1S/C18H28N4O.3ClH/c23-18(5-4-16-6-9-19-10-7-16)22-13-11-21(12-14-22)15-17-3-1-2-8-20-17;;;/h1-3,8,16,19H,4-7,9-15H2;3*1H. The second-order valence-electron chi connectivity index (χ2n) is 6.71. The zero-order valence-electron chi connectivity index (χ0n) is 15.1. The summed E-state index contributed by atoms with van der Waals surface area (Å²) in [5.41, 5.74) is 1.11. The maximum absolute atomic E-state index is 12.4. The normalized spacial score (nSPS) is 18.2. The lowest BCUT2D eigenvalue weighted by Crippen LogP contribution is -2.48. The first-order chi connectivity index (χ1) is 11.3. The molecule has 8 heteroatoms. The van der Waals surface area contributed by atoms with Gasteiger partial charge in [-0.2, -0.15) is 0 Å². The van der Waals surface area contributed by atoms with E-state index in [0.29, 0.717) is 5.91 Å². The smallest absolute Gasteiger partial charge is 0.222 e. The summed E-state index contributed by atoms with van der Waals surface area (Å²) < 4.78 is 0. The molecule has 0 aliphatic carbocycles. The Morgan fingerprint density at radius 3 is 2.38 bits per heavy atom. The molecule has 2 saturated heterocycles. The number of carbonyl (C=O) groups is 1. The summed E-state index contributed by atoms with van der Waals surface area (Å²) in [6.07, 6.45) is 6.09. The van der Waals surface area contributed by atoms with Gasteiger partial charge in [-0.3, -0.25) is 14.7 Å². The van der Waals surface area contributed by atoms with Crippen molar-refractivity contribution in [3.8, 4) is 0 Å². The summed E-state index contributed by atoms with van der Waals surface area (Å²) >= 11 is 0. The molecule has 0 unspecified atom stereocenters. The van der Waals surface area contributed by atoms with Crippen molar-refractivity contribution < 1.29 is 4.79 Å². The van der Waals surface area contributed by atoms with E-state index < -0.39 is 0 Å². The van der Waals surface area contributed by atoms with Crippen molar-refractivity contribution in [2.24, 2.45) is 5.92 Å². The van der Waals surface area contributed by atoms with Gasteiger partial charge in [-0.05, 0) is 50.4 Å². The van der Waals surface area contributed by atoms with Gasteiger partial charge in [0.2, 0.25) is 5.91 Å². The van der Waals surface area contributed by atoms with Crippen molar-refractivity contribution >= 4 is 43.1 Å². The number of nitrogens with zero attached hydrogens (tertiary/aromatic N) is 3. The Morgan fingerprint density at radius 2 is 1.77 bits per heavy atom. The Bertz CT molecular complexity index is 492. The first-order valence-corrected chi connectivity index (χ1v) is 8.92. The van der Waals surface area contributed by atoms with Gasteiger partial charge in [-0.25, -0.2) is 0 Å². The van der Waals surface area contributed by atoms with Gasteiger partial charge in [-0.1, -0.05) is 6.07 Å². The Balaban J connectivity index is 0.00000208. The van der Waals surface area contributed by atoms with Crippen molar-refractivity contribution in [3.63, 3.8) is 0 Å². The van der Waals surface area contributed by atoms with Crippen LogP contribution in [0.2, 0.25) is 0 Å². The molecule has 5 nitrogen and oxygen atoms in total. The number of pyridine rings is 1. The highest BCUT2D eigenvalue weighted by atomic mass is 35.5. The van der Waals surface area contributed by atoms with Gasteiger partial charge in [0.15, 0.2) is 0 Å². The summed E-state index contributed by atoms with van der Waals surface area (Å²) in [4.78, 5) is 21.2. The minimum absolute atomic E-state index is 0. The number of aromatic nitrogens is 1. The summed E-state index contributed by atoms with van der Waals surface area (Å²) in [5.74, 6) is 1.09. The molecule has 150 valence electrons. The number of hydrogen-bond acceptors (Lipinski definition) is 4. The van der Waals surface area contributed by atoms with Crippen LogP contribution >= 0.6 is 37.2 Å². The van der Waals surface area contributed by atoms with E-state index in [2.05, 4.69) is 26.2 Å². The van der Waals surface area contributed by atoms with Crippen molar-refractivity contribution in [1.82, 2.24) is 20.1 Å². The third kappa shape index (κ3) is 7.97. The van der Waals surface area contributed by atoms with Crippen LogP contribution in [-0.2, 0) is 11.3 Å². The number of rotatable bonds is 5. The van der Waals surface area contributed by atoms with Crippen LogP contribution in [0.3, 0.4) is 0 Å². The third-order valence-corrected chi connectivity index (χ3v) is 5.06. The van der Waals surface area contributed by atoms with Crippen LogP contribution in [0.1, 0.15) is 31.4 Å². The van der Waals surface area contributed by atoms with Gasteiger partial charge in [0.05, 0.1) is 5.69 Å². The molecule has 2 aliphatic heterocycles. The van der Waals surface area contributed by atoms with Crippen LogP contribution in [0.4, 0.5) is 0 Å². The molecule has 3 heterocycles. The lowest BCUT2D eigenvalue weighted by atomic mass is 9.93. The second kappa shape index (κ2) is 13.6. The predicted molar refractivity (Wildman–Crippen MR) is 113 cm³/mol. The zero-order chi connectivity index (χ0) is 15.9. The number of nitrogens with one attached hydrogen (secondary N) is 1. The summed E-state index contributed by atoms with van der Waals surface area (Å²) in [6.45, 7) is 6.75. The highest BCUT2D eigenvalue weighted by Gasteiger charge is 2.22. The largest absolute Gasteiger partial charge is 0.340 e. The van der Waals surface area contributed by atoms with Crippen molar-refractivity contribution in [3.05, 3.63) is 30.1 Å². The van der Waals surface area contributed by atoms with Gasteiger partial charge >= 0.3 is 0 Å². The van der Waals surface area contributed by atoms with E-state index in [-0.39, 0.29) is 37.2 Å². The lowest BCUT2D eigenvalue weighted by molar-refractivity contribution is -0.133. The molecule has 2 aliphatic rings. The monoisotopic (exact) mass is 424 g/mol. The fourth-order valence-corrected chi connectivity index (χ4v) is 3.53. The zero-order valence-corrected chi connectivity index (χ0v) is 17.6. The summed E-state index contributed by atoms with van der Waals surface area (Å²) in [6, 6.07) is 6.04. The van der Waals surface area contributed by atoms with Crippen LogP contribution in [0.25, 0.3) is 0 Å². The first kappa shape index (κ1) is 25.4. The minimum atomic E-state index is 0. The maximum Gasteiger partial charge on any atom is 0.222 e. The van der Waals surface area contributed by atoms with Crippen LogP contribution in [0.15, 0.2) is 24.4 Å². The molecule has 26 heavy (non-hydrogen) atoms. The van der Waals surface area contributed by atoms with Crippen molar-refractivity contribution in [2.75, 3.05) is 39.3 Å². The molecule has 0 aromatic carbocycles. The molecule has 0 atom stereocenters. The van der Waals surface area contributed by atoms with Crippen molar-refractivity contribution in [2.45, 2.75) is 32.2 Å². The number of piperidine rings is 1. The molecule has 0 radical (unpaired) electrons. The number of amides is 1. The molecule has 0 bridgehead atoms. The van der Waals surface area contributed by atoms with Crippen LogP contribution in [0, 0.1) is 5.92 Å². The van der Waals surface area contributed by atoms with E-state index in [1.165, 1.54) is 12.8 Å². The van der Waals surface area contributed by atoms with Crippen LogP contribution < -0.4 is 5.32 Å². The highest BCUT2D eigenvalue weighted by molar-refractivity contribution is 5.86. The summed E-state index contributed by atoms with van der Waals surface area (Å²) in [5, 5.41) is 3.38. The van der Waals surface area contributed by atoms with Gasteiger partial charge < -0.3 is 10.2 Å². The fraction of sp³-hybridized carbons (Fsp3) is 0.667. The third-order valence-electron chi connectivity index (χ3n) is 5.06. The number of halogens is 3. The molecular weight excluding hydrogens is 395 g/mol. The molecule has 1 amide bonds. The van der Waals surface area contributed by atoms with E-state index in [9.17, 15) is 4.79 Å². The number of hydrogen-bond donors (Lipinski definition) is 1. The average Bonchev–Trinajstić information content (AvgIpc) is 2.62. The molecule has 3 rings (SSSR count). The highest BCUT2D eigenvalue weighted by Crippen LogP contribution is 2.18. The maximum atomic E-state index is 12.4. The molecule has 1 N–H and O–H groups in total. The Labute approximate surface area is 175 Å². The minimum Gasteiger partial charge on any atom is -0.340 e. The van der Waals surface area contributed by atoms with Crippen LogP contribution in [0.5, 0.6) is 0 Å². The quantitative estimate of drug-likeness (QED) is 0.788.